The molecule has 1 aromatic carbocycles. The first-order chi connectivity index (χ1) is 7.34. The Morgan fingerprint density at radius 1 is 1.20 bits per heavy atom. The second kappa shape index (κ2) is 4.75. The molecule has 0 amide bonds. The molecule has 1 N–H and O–H groups in total. The first-order valence-corrected chi connectivity index (χ1v) is 4.98. The molecule has 0 spiro atoms. The van der Waals surface area contributed by atoms with Crippen molar-refractivity contribution < 1.29 is 0 Å². The molecule has 0 bridgehead atoms. The van der Waals surface area contributed by atoms with Crippen molar-refractivity contribution in [3.8, 4) is 0 Å². The summed E-state index contributed by atoms with van der Waals surface area (Å²) in [6, 6.07) is 11.4. The quantitative estimate of drug-likeness (QED) is 0.863. The van der Waals surface area contributed by atoms with Crippen LogP contribution in [0.1, 0.15) is 5.56 Å². The summed E-state index contributed by atoms with van der Waals surface area (Å²) in [6.45, 7) is 0.694. The van der Waals surface area contributed by atoms with Crippen LogP contribution in [0.2, 0.25) is 5.02 Å². The average molecular weight is 220 g/mol. The smallest absolute Gasteiger partial charge is 0.148 e. The predicted molar refractivity (Wildman–Crippen MR) is 60.8 cm³/mol. The fourth-order valence-corrected chi connectivity index (χ4v) is 1.45. The standard InChI is InChI=1S/C11H10ClN3/c12-10-4-1-3-9(7-10)8-13-11-5-2-6-14-15-11/h1-7H,8H2,(H,13,15). The van der Waals surface area contributed by atoms with Crippen LogP contribution in [0.5, 0.6) is 0 Å². The van der Waals surface area contributed by atoms with E-state index >= 15 is 0 Å². The van der Waals surface area contributed by atoms with Crippen molar-refractivity contribution >= 4 is 17.4 Å². The third-order valence-corrected chi connectivity index (χ3v) is 2.17. The predicted octanol–water partition coefficient (Wildman–Crippen LogP) is 2.74. The van der Waals surface area contributed by atoms with Gasteiger partial charge >= 0.3 is 0 Å². The Morgan fingerprint density at radius 3 is 2.87 bits per heavy atom. The van der Waals surface area contributed by atoms with Gasteiger partial charge in [0.25, 0.3) is 0 Å². The number of aromatic nitrogens is 2. The van der Waals surface area contributed by atoms with Crippen molar-refractivity contribution in [2.24, 2.45) is 0 Å². The molecular formula is C11H10ClN3. The highest BCUT2D eigenvalue weighted by Gasteiger charge is 1.95. The van der Waals surface area contributed by atoms with E-state index in [1.54, 1.807) is 6.20 Å². The summed E-state index contributed by atoms with van der Waals surface area (Å²) in [7, 11) is 0. The Hall–Kier alpha value is -1.61. The van der Waals surface area contributed by atoms with Gasteiger partial charge in [0.05, 0.1) is 0 Å². The highest BCUT2D eigenvalue weighted by molar-refractivity contribution is 6.30. The van der Waals surface area contributed by atoms with Gasteiger partial charge in [-0.25, -0.2) is 0 Å². The molecule has 0 aliphatic rings. The van der Waals surface area contributed by atoms with E-state index in [1.165, 1.54) is 0 Å². The molecule has 76 valence electrons. The molecule has 0 saturated heterocycles. The van der Waals surface area contributed by atoms with Gasteiger partial charge in [0.15, 0.2) is 0 Å². The molecule has 0 saturated carbocycles. The maximum atomic E-state index is 5.87. The summed E-state index contributed by atoms with van der Waals surface area (Å²) < 4.78 is 0. The van der Waals surface area contributed by atoms with Crippen LogP contribution in [0.15, 0.2) is 42.6 Å². The number of anilines is 1. The summed E-state index contributed by atoms with van der Waals surface area (Å²) in [6.07, 6.45) is 1.64. The molecule has 4 heteroatoms. The largest absolute Gasteiger partial charge is 0.365 e. The summed E-state index contributed by atoms with van der Waals surface area (Å²) in [5.74, 6) is 0.762. The molecule has 0 radical (unpaired) electrons. The van der Waals surface area contributed by atoms with Gasteiger partial charge in [-0.15, -0.1) is 5.10 Å². The van der Waals surface area contributed by atoms with Crippen molar-refractivity contribution in [2.45, 2.75) is 6.54 Å². The van der Waals surface area contributed by atoms with E-state index in [9.17, 15) is 0 Å². The van der Waals surface area contributed by atoms with E-state index in [4.69, 9.17) is 11.6 Å². The summed E-state index contributed by atoms with van der Waals surface area (Å²) in [4.78, 5) is 0. The van der Waals surface area contributed by atoms with E-state index < -0.39 is 0 Å². The fraction of sp³-hybridized carbons (Fsp3) is 0.0909. The van der Waals surface area contributed by atoms with E-state index in [-0.39, 0.29) is 0 Å². The normalized spacial score (nSPS) is 9.93. The molecule has 2 rings (SSSR count). The lowest BCUT2D eigenvalue weighted by atomic mass is 10.2. The number of benzene rings is 1. The molecule has 0 atom stereocenters. The number of hydrogen-bond acceptors (Lipinski definition) is 3. The SMILES string of the molecule is Clc1cccc(CNc2cccnn2)c1. The van der Waals surface area contributed by atoms with E-state index in [2.05, 4.69) is 15.5 Å². The third-order valence-electron chi connectivity index (χ3n) is 1.93. The molecule has 2 aromatic rings. The zero-order chi connectivity index (χ0) is 10.5. The van der Waals surface area contributed by atoms with Gasteiger partial charge in [0.1, 0.15) is 5.82 Å². The lowest BCUT2D eigenvalue weighted by Gasteiger charge is -2.04. The highest BCUT2D eigenvalue weighted by Crippen LogP contribution is 2.11. The molecule has 3 nitrogen and oxygen atoms in total. The van der Waals surface area contributed by atoms with Gasteiger partial charge in [-0.3, -0.25) is 0 Å². The molecule has 0 fully saturated rings. The van der Waals surface area contributed by atoms with Crippen LogP contribution in [0.25, 0.3) is 0 Å². The Labute approximate surface area is 93.1 Å². The maximum absolute atomic E-state index is 5.87. The minimum atomic E-state index is 0.694. The van der Waals surface area contributed by atoms with Crippen LogP contribution >= 0.6 is 11.6 Å². The number of nitrogens with one attached hydrogen (secondary N) is 1. The van der Waals surface area contributed by atoms with Gasteiger partial charge in [0.2, 0.25) is 0 Å². The Kier molecular flexibility index (Phi) is 3.15. The Morgan fingerprint density at radius 2 is 2.13 bits per heavy atom. The van der Waals surface area contributed by atoms with Crippen LogP contribution in [0, 0.1) is 0 Å². The zero-order valence-electron chi connectivity index (χ0n) is 8.02. The van der Waals surface area contributed by atoms with Crippen molar-refractivity contribution in [3.63, 3.8) is 0 Å². The van der Waals surface area contributed by atoms with Gasteiger partial charge in [-0.05, 0) is 29.8 Å². The second-order valence-electron chi connectivity index (χ2n) is 3.09. The van der Waals surface area contributed by atoms with E-state index in [0.717, 1.165) is 16.4 Å². The van der Waals surface area contributed by atoms with Crippen LogP contribution in [0.3, 0.4) is 0 Å². The topological polar surface area (TPSA) is 37.8 Å². The molecular weight excluding hydrogens is 210 g/mol. The van der Waals surface area contributed by atoms with Crippen LogP contribution < -0.4 is 5.32 Å². The van der Waals surface area contributed by atoms with E-state index in [1.807, 2.05) is 36.4 Å². The van der Waals surface area contributed by atoms with Gasteiger partial charge in [-0.1, -0.05) is 23.7 Å². The van der Waals surface area contributed by atoms with Crippen LogP contribution in [0.4, 0.5) is 5.82 Å². The molecule has 1 aromatic heterocycles. The molecule has 1 heterocycles. The Bertz CT molecular complexity index is 431. The summed E-state index contributed by atoms with van der Waals surface area (Å²) >= 11 is 5.87. The van der Waals surface area contributed by atoms with Crippen molar-refractivity contribution in [1.29, 1.82) is 0 Å². The zero-order valence-corrected chi connectivity index (χ0v) is 8.78. The maximum Gasteiger partial charge on any atom is 0.148 e. The lowest BCUT2D eigenvalue weighted by Crippen LogP contribution is -2.01. The monoisotopic (exact) mass is 219 g/mol. The average Bonchev–Trinajstić information content (AvgIpc) is 2.28. The Balaban J connectivity index is 1.99. The minimum Gasteiger partial charge on any atom is -0.365 e. The first-order valence-electron chi connectivity index (χ1n) is 4.60. The number of hydrogen-bond donors (Lipinski definition) is 1. The highest BCUT2D eigenvalue weighted by atomic mass is 35.5. The number of halogens is 1. The number of rotatable bonds is 3. The minimum absolute atomic E-state index is 0.694. The molecule has 0 aliphatic carbocycles. The first kappa shape index (κ1) is 9.93. The van der Waals surface area contributed by atoms with Gasteiger partial charge in [-0.2, -0.15) is 5.10 Å². The van der Waals surface area contributed by atoms with Gasteiger partial charge in [0, 0.05) is 17.8 Å². The fourth-order valence-electron chi connectivity index (χ4n) is 1.24. The van der Waals surface area contributed by atoms with Crippen molar-refractivity contribution in [3.05, 3.63) is 53.2 Å². The summed E-state index contributed by atoms with van der Waals surface area (Å²) in [5.41, 5.74) is 1.12. The third kappa shape index (κ3) is 2.92. The van der Waals surface area contributed by atoms with Crippen molar-refractivity contribution in [2.75, 3.05) is 5.32 Å². The molecule has 15 heavy (non-hydrogen) atoms. The molecule has 0 unspecified atom stereocenters. The number of nitrogens with zero attached hydrogens (tertiary/aromatic N) is 2. The molecule has 0 aliphatic heterocycles. The lowest BCUT2D eigenvalue weighted by molar-refractivity contribution is 1.00. The summed E-state index contributed by atoms with van der Waals surface area (Å²) in [5, 5.41) is 11.6. The second-order valence-corrected chi connectivity index (χ2v) is 3.53. The van der Waals surface area contributed by atoms with Gasteiger partial charge < -0.3 is 5.32 Å². The van der Waals surface area contributed by atoms with Crippen LogP contribution in [-0.4, -0.2) is 10.2 Å². The van der Waals surface area contributed by atoms with Crippen LogP contribution in [-0.2, 0) is 6.54 Å². The van der Waals surface area contributed by atoms with Crippen molar-refractivity contribution in [1.82, 2.24) is 10.2 Å². The van der Waals surface area contributed by atoms with E-state index in [0.29, 0.717) is 6.54 Å².